The molecule has 2 rings (SSSR count). The zero-order chi connectivity index (χ0) is 14.4. The fourth-order valence-corrected chi connectivity index (χ4v) is 2.44. The van der Waals surface area contributed by atoms with Crippen molar-refractivity contribution in [2.45, 2.75) is 33.2 Å². The molecule has 0 amide bonds. The van der Waals surface area contributed by atoms with Gasteiger partial charge in [-0.1, -0.05) is 18.9 Å². The third-order valence-corrected chi connectivity index (χ3v) is 3.57. The van der Waals surface area contributed by atoms with Crippen molar-refractivity contribution in [2.75, 3.05) is 38.3 Å². The van der Waals surface area contributed by atoms with Crippen molar-refractivity contribution in [3.63, 3.8) is 0 Å². The van der Waals surface area contributed by atoms with Crippen LogP contribution in [0, 0.1) is 11.8 Å². The van der Waals surface area contributed by atoms with Gasteiger partial charge >= 0.3 is 6.01 Å². The number of anilines is 1. The summed E-state index contributed by atoms with van der Waals surface area (Å²) in [6.07, 6.45) is 2.24. The summed E-state index contributed by atoms with van der Waals surface area (Å²) in [7, 11) is 1.76. The van der Waals surface area contributed by atoms with Gasteiger partial charge in [0.25, 0.3) is 0 Å². The van der Waals surface area contributed by atoms with Gasteiger partial charge < -0.3 is 19.4 Å². The van der Waals surface area contributed by atoms with Crippen molar-refractivity contribution in [3.05, 3.63) is 5.89 Å². The normalized spacial score (nSPS) is 17.1. The first-order valence-electron chi connectivity index (χ1n) is 7.46. The number of methoxy groups -OCH3 is 1. The Kier molecular flexibility index (Phi) is 5.79. The fraction of sp³-hybridized carbons (Fsp3) is 0.857. The van der Waals surface area contributed by atoms with Gasteiger partial charge in [-0.15, -0.1) is 5.10 Å². The van der Waals surface area contributed by atoms with Crippen molar-refractivity contribution < 1.29 is 9.15 Å². The number of piperidine rings is 1. The Morgan fingerprint density at radius 3 is 2.75 bits per heavy atom. The first-order valence-corrected chi connectivity index (χ1v) is 7.46. The van der Waals surface area contributed by atoms with Gasteiger partial charge in [-0.05, 0) is 31.2 Å². The van der Waals surface area contributed by atoms with Crippen LogP contribution >= 0.6 is 0 Å². The van der Waals surface area contributed by atoms with Crippen molar-refractivity contribution in [3.8, 4) is 0 Å². The first-order chi connectivity index (χ1) is 9.69. The maximum absolute atomic E-state index is 5.71. The van der Waals surface area contributed by atoms with Crippen LogP contribution in [0.25, 0.3) is 0 Å². The van der Waals surface area contributed by atoms with Gasteiger partial charge in [0.1, 0.15) is 0 Å². The van der Waals surface area contributed by atoms with Crippen molar-refractivity contribution in [1.82, 2.24) is 15.5 Å². The molecule has 1 saturated heterocycles. The lowest BCUT2D eigenvalue weighted by Crippen LogP contribution is -2.35. The maximum atomic E-state index is 5.71. The van der Waals surface area contributed by atoms with Gasteiger partial charge in [-0.2, -0.15) is 0 Å². The van der Waals surface area contributed by atoms with E-state index in [0.29, 0.717) is 30.3 Å². The Bertz CT molecular complexity index is 386. The maximum Gasteiger partial charge on any atom is 0.318 e. The van der Waals surface area contributed by atoms with Crippen LogP contribution in [0.4, 0.5) is 6.01 Å². The van der Waals surface area contributed by atoms with Crippen LogP contribution in [0.1, 0.15) is 32.6 Å². The smallest absolute Gasteiger partial charge is 0.318 e. The van der Waals surface area contributed by atoms with Crippen LogP contribution in [0.15, 0.2) is 4.42 Å². The Labute approximate surface area is 120 Å². The molecular formula is C14H26N4O2. The number of ether oxygens (including phenoxy) is 1. The Morgan fingerprint density at radius 1 is 1.35 bits per heavy atom. The van der Waals surface area contributed by atoms with Gasteiger partial charge in [0.05, 0.1) is 6.54 Å². The van der Waals surface area contributed by atoms with Crippen molar-refractivity contribution in [1.29, 1.82) is 0 Å². The summed E-state index contributed by atoms with van der Waals surface area (Å²) >= 11 is 0. The molecule has 1 N–H and O–H groups in total. The molecule has 1 aromatic heterocycles. The van der Waals surface area contributed by atoms with E-state index < -0.39 is 0 Å². The molecule has 20 heavy (non-hydrogen) atoms. The van der Waals surface area contributed by atoms with E-state index in [1.165, 1.54) is 0 Å². The molecule has 0 aliphatic carbocycles. The number of hydrogen-bond acceptors (Lipinski definition) is 6. The van der Waals surface area contributed by atoms with Crippen LogP contribution in [0.2, 0.25) is 0 Å². The van der Waals surface area contributed by atoms with E-state index in [0.717, 1.165) is 39.1 Å². The quantitative estimate of drug-likeness (QED) is 0.821. The number of nitrogens with zero attached hydrogens (tertiary/aromatic N) is 3. The monoisotopic (exact) mass is 282 g/mol. The zero-order valence-electron chi connectivity index (χ0n) is 12.8. The Morgan fingerprint density at radius 2 is 2.10 bits per heavy atom. The minimum absolute atomic E-state index is 0.622. The first kappa shape index (κ1) is 15.3. The molecule has 6 nitrogen and oxygen atoms in total. The molecule has 6 heteroatoms. The molecule has 2 heterocycles. The summed E-state index contributed by atoms with van der Waals surface area (Å²) in [5, 5.41) is 11.6. The molecule has 0 aromatic carbocycles. The lowest BCUT2D eigenvalue weighted by atomic mass is 9.98. The van der Waals surface area contributed by atoms with E-state index in [4.69, 9.17) is 9.15 Å². The molecular weight excluding hydrogens is 256 g/mol. The molecule has 0 bridgehead atoms. The molecule has 1 aromatic rings. The van der Waals surface area contributed by atoms with E-state index in [-0.39, 0.29) is 0 Å². The van der Waals surface area contributed by atoms with Crippen LogP contribution in [0.5, 0.6) is 0 Å². The van der Waals surface area contributed by atoms with E-state index in [1.807, 2.05) is 0 Å². The summed E-state index contributed by atoms with van der Waals surface area (Å²) in [6, 6.07) is 0.655. The molecule has 114 valence electrons. The number of rotatable bonds is 7. The Balaban J connectivity index is 1.78. The second kappa shape index (κ2) is 7.59. The fourth-order valence-electron chi connectivity index (χ4n) is 2.44. The molecule has 1 aliphatic heterocycles. The predicted octanol–water partition coefficient (Wildman–Crippen LogP) is 1.68. The highest BCUT2D eigenvalue weighted by molar-refractivity contribution is 5.24. The predicted molar refractivity (Wildman–Crippen MR) is 77.7 cm³/mol. The number of nitrogens with one attached hydrogen (secondary N) is 1. The van der Waals surface area contributed by atoms with E-state index in [1.54, 1.807) is 7.11 Å². The second-order valence-electron chi connectivity index (χ2n) is 5.89. The van der Waals surface area contributed by atoms with E-state index in [9.17, 15) is 0 Å². The molecule has 0 saturated carbocycles. The topological polar surface area (TPSA) is 63.4 Å². The molecule has 0 spiro atoms. The summed E-state index contributed by atoms with van der Waals surface area (Å²) < 4.78 is 10.9. The van der Waals surface area contributed by atoms with E-state index >= 15 is 0 Å². The zero-order valence-corrected chi connectivity index (χ0v) is 12.8. The highest BCUT2D eigenvalue weighted by Crippen LogP contribution is 2.22. The van der Waals surface area contributed by atoms with Crippen molar-refractivity contribution >= 4 is 6.01 Å². The highest BCUT2D eigenvalue weighted by atomic mass is 16.5. The SMILES string of the molecule is COCC1CCN(c2nnc(CNCC(C)C)o2)CC1. The lowest BCUT2D eigenvalue weighted by Gasteiger charge is -2.30. The largest absolute Gasteiger partial charge is 0.407 e. The summed E-state index contributed by atoms with van der Waals surface area (Å²) in [5.41, 5.74) is 0. The van der Waals surface area contributed by atoms with Crippen LogP contribution in [-0.4, -0.2) is 43.5 Å². The van der Waals surface area contributed by atoms with Crippen molar-refractivity contribution in [2.24, 2.45) is 11.8 Å². The molecule has 1 fully saturated rings. The van der Waals surface area contributed by atoms with E-state index in [2.05, 4.69) is 34.3 Å². The molecule has 0 atom stereocenters. The van der Waals surface area contributed by atoms with Crippen LogP contribution in [0.3, 0.4) is 0 Å². The van der Waals surface area contributed by atoms with Crippen LogP contribution in [-0.2, 0) is 11.3 Å². The number of hydrogen-bond donors (Lipinski definition) is 1. The molecule has 0 radical (unpaired) electrons. The third-order valence-electron chi connectivity index (χ3n) is 3.57. The van der Waals surface area contributed by atoms with Gasteiger partial charge in [0.15, 0.2) is 0 Å². The number of aromatic nitrogens is 2. The van der Waals surface area contributed by atoms with Gasteiger partial charge in [0, 0.05) is 26.8 Å². The van der Waals surface area contributed by atoms with Gasteiger partial charge in [0.2, 0.25) is 5.89 Å². The third kappa shape index (κ3) is 4.45. The van der Waals surface area contributed by atoms with Gasteiger partial charge in [-0.3, -0.25) is 0 Å². The lowest BCUT2D eigenvalue weighted by molar-refractivity contribution is 0.138. The Hall–Kier alpha value is -1.14. The molecule has 1 aliphatic rings. The highest BCUT2D eigenvalue weighted by Gasteiger charge is 2.22. The average molecular weight is 282 g/mol. The summed E-state index contributed by atoms with van der Waals surface area (Å²) in [4.78, 5) is 2.17. The second-order valence-corrected chi connectivity index (χ2v) is 5.89. The summed E-state index contributed by atoms with van der Waals surface area (Å²) in [5.74, 6) is 1.95. The van der Waals surface area contributed by atoms with Crippen LogP contribution < -0.4 is 10.2 Å². The van der Waals surface area contributed by atoms with Gasteiger partial charge in [-0.25, -0.2) is 0 Å². The standard InChI is InChI=1S/C14H26N4O2/c1-11(2)8-15-9-13-16-17-14(20-13)18-6-4-12(5-7-18)10-19-3/h11-12,15H,4-10H2,1-3H3. The minimum atomic E-state index is 0.622. The minimum Gasteiger partial charge on any atom is -0.407 e. The average Bonchev–Trinajstić information content (AvgIpc) is 2.88. The molecule has 0 unspecified atom stereocenters. The summed E-state index contributed by atoms with van der Waals surface area (Å²) in [6.45, 7) is 8.74.